The maximum atomic E-state index is 12.2. The first-order chi connectivity index (χ1) is 12.4. The topological polar surface area (TPSA) is 104 Å². The molecule has 0 aliphatic carbocycles. The number of thioether (sulfide) groups is 1. The monoisotopic (exact) mass is 395 g/mol. The molecule has 0 atom stereocenters. The largest absolute Gasteiger partial charge is 0.497 e. The minimum Gasteiger partial charge on any atom is -0.497 e. The zero-order valence-electron chi connectivity index (χ0n) is 14.8. The van der Waals surface area contributed by atoms with E-state index < -0.39 is 0 Å². The van der Waals surface area contributed by atoms with Crippen LogP contribution >= 0.6 is 23.1 Å². The minimum absolute atomic E-state index is 0.132. The van der Waals surface area contributed by atoms with Crippen LogP contribution in [0.1, 0.15) is 17.7 Å². The van der Waals surface area contributed by atoms with Gasteiger partial charge in [-0.2, -0.15) is 0 Å². The average molecular weight is 396 g/mol. The third-order valence-corrected chi connectivity index (χ3v) is 5.86. The average Bonchev–Trinajstić information content (AvgIpc) is 2.96. The molecule has 0 unspecified atom stereocenters. The number of rotatable bonds is 9. The molecule has 0 aliphatic rings. The first kappa shape index (κ1) is 20.1. The van der Waals surface area contributed by atoms with Crippen LogP contribution in [-0.2, 0) is 16.0 Å². The molecule has 0 radical (unpaired) electrons. The van der Waals surface area contributed by atoms with Gasteiger partial charge in [0.1, 0.15) is 11.5 Å². The SMILES string of the molecule is COc1cc(CCC(=O)Nc2nc(C)c(SCC(N)=O)s2)cc(OC)c1. The van der Waals surface area contributed by atoms with E-state index in [9.17, 15) is 9.59 Å². The maximum Gasteiger partial charge on any atom is 0.227 e. The van der Waals surface area contributed by atoms with Crippen LogP contribution in [0.25, 0.3) is 0 Å². The lowest BCUT2D eigenvalue weighted by atomic mass is 10.1. The van der Waals surface area contributed by atoms with Gasteiger partial charge in [0.25, 0.3) is 0 Å². The van der Waals surface area contributed by atoms with Crippen LogP contribution < -0.4 is 20.5 Å². The zero-order valence-corrected chi connectivity index (χ0v) is 16.5. The number of nitrogens with one attached hydrogen (secondary N) is 1. The molecule has 140 valence electrons. The second-order valence-electron chi connectivity index (χ2n) is 5.42. The Morgan fingerprint density at radius 1 is 1.23 bits per heavy atom. The summed E-state index contributed by atoms with van der Waals surface area (Å²) in [6.45, 7) is 1.83. The molecule has 0 bridgehead atoms. The van der Waals surface area contributed by atoms with E-state index in [4.69, 9.17) is 15.2 Å². The summed E-state index contributed by atoms with van der Waals surface area (Å²) in [5, 5.41) is 3.31. The summed E-state index contributed by atoms with van der Waals surface area (Å²) in [5.74, 6) is 1.04. The Hall–Kier alpha value is -2.26. The highest BCUT2D eigenvalue weighted by atomic mass is 32.2. The van der Waals surface area contributed by atoms with Crippen molar-refractivity contribution in [1.29, 1.82) is 0 Å². The number of nitrogens with zero attached hydrogens (tertiary/aromatic N) is 1. The van der Waals surface area contributed by atoms with Crippen LogP contribution in [0.2, 0.25) is 0 Å². The fourth-order valence-corrected chi connectivity index (χ4v) is 4.05. The van der Waals surface area contributed by atoms with Crippen LogP contribution in [0.5, 0.6) is 11.5 Å². The minimum atomic E-state index is -0.387. The van der Waals surface area contributed by atoms with Gasteiger partial charge in [-0.1, -0.05) is 11.3 Å². The van der Waals surface area contributed by atoms with E-state index in [1.165, 1.54) is 23.1 Å². The smallest absolute Gasteiger partial charge is 0.227 e. The van der Waals surface area contributed by atoms with Crippen molar-refractivity contribution >= 4 is 40.0 Å². The summed E-state index contributed by atoms with van der Waals surface area (Å²) in [6, 6.07) is 5.54. The number of amides is 2. The van der Waals surface area contributed by atoms with Crippen LogP contribution in [0, 0.1) is 6.92 Å². The molecule has 2 rings (SSSR count). The number of ether oxygens (including phenoxy) is 2. The summed E-state index contributed by atoms with van der Waals surface area (Å²) in [6.07, 6.45) is 0.853. The van der Waals surface area contributed by atoms with Crippen molar-refractivity contribution in [2.75, 3.05) is 25.3 Å². The summed E-state index contributed by atoms with van der Waals surface area (Å²) < 4.78 is 11.3. The molecule has 0 fully saturated rings. The fourth-order valence-electron chi connectivity index (χ4n) is 2.16. The van der Waals surface area contributed by atoms with Crippen LogP contribution in [0.4, 0.5) is 5.13 Å². The highest BCUT2D eigenvalue weighted by Crippen LogP contribution is 2.32. The standard InChI is InChI=1S/C17H21N3O4S2/c1-10-16(25-9-14(18)21)26-17(19-10)20-15(22)5-4-11-6-12(23-2)8-13(7-11)24-3/h6-8H,4-5,9H2,1-3H3,(H2,18,21)(H,19,20,22). The maximum absolute atomic E-state index is 12.2. The number of primary amides is 1. The number of hydrogen-bond acceptors (Lipinski definition) is 7. The third kappa shape index (κ3) is 5.92. The van der Waals surface area contributed by atoms with E-state index in [0.29, 0.717) is 29.5 Å². The molecule has 2 aromatic rings. The van der Waals surface area contributed by atoms with Crippen LogP contribution in [0.3, 0.4) is 0 Å². The van der Waals surface area contributed by atoms with Gasteiger partial charge in [-0.3, -0.25) is 9.59 Å². The first-order valence-corrected chi connectivity index (χ1v) is 9.61. The summed E-state index contributed by atoms with van der Waals surface area (Å²) in [7, 11) is 3.17. The van der Waals surface area contributed by atoms with Gasteiger partial charge in [-0.05, 0) is 31.0 Å². The number of aryl methyl sites for hydroxylation is 2. The number of thiazole rings is 1. The second-order valence-corrected chi connectivity index (χ2v) is 7.66. The molecule has 0 saturated heterocycles. The lowest BCUT2D eigenvalue weighted by molar-refractivity contribution is -0.116. The Bertz CT molecular complexity index is 770. The summed E-state index contributed by atoms with van der Waals surface area (Å²) in [4.78, 5) is 27.4. The van der Waals surface area contributed by atoms with Gasteiger partial charge < -0.3 is 20.5 Å². The fraction of sp³-hybridized carbons (Fsp3) is 0.353. The van der Waals surface area contributed by atoms with Crippen LogP contribution in [0.15, 0.2) is 22.4 Å². The zero-order chi connectivity index (χ0) is 19.1. The van der Waals surface area contributed by atoms with Crippen molar-refractivity contribution in [3.05, 3.63) is 29.5 Å². The van der Waals surface area contributed by atoms with E-state index >= 15 is 0 Å². The molecule has 1 heterocycles. The molecule has 0 aliphatic heterocycles. The van der Waals surface area contributed by atoms with Gasteiger partial charge in [0.15, 0.2) is 5.13 Å². The molecular formula is C17H21N3O4S2. The highest BCUT2D eigenvalue weighted by Gasteiger charge is 2.12. The highest BCUT2D eigenvalue weighted by molar-refractivity contribution is 8.01. The number of carbonyl (C=O) groups is 2. The third-order valence-electron chi connectivity index (χ3n) is 3.40. The molecule has 1 aromatic heterocycles. The molecule has 3 N–H and O–H groups in total. The van der Waals surface area contributed by atoms with Gasteiger partial charge >= 0.3 is 0 Å². The second kappa shape index (κ2) is 9.44. The number of anilines is 1. The molecule has 26 heavy (non-hydrogen) atoms. The normalized spacial score (nSPS) is 10.4. The molecule has 7 nitrogen and oxygen atoms in total. The van der Waals surface area contributed by atoms with Crippen molar-refractivity contribution in [3.8, 4) is 11.5 Å². The van der Waals surface area contributed by atoms with E-state index in [-0.39, 0.29) is 17.6 Å². The number of carbonyl (C=O) groups excluding carboxylic acids is 2. The predicted molar refractivity (Wildman–Crippen MR) is 103 cm³/mol. The van der Waals surface area contributed by atoms with E-state index in [0.717, 1.165) is 15.5 Å². The molecule has 0 spiro atoms. The molecule has 1 aromatic carbocycles. The number of nitrogens with two attached hydrogens (primary N) is 1. The van der Waals surface area contributed by atoms with Crippen molar-refractivity contribution in [1.82, 2.24) is 4.98 Å². The lowest BCUT2D eigenvalue weighted by Gasteiger charge is -2.08. The summed E-state index contributed by atoms with van der Waals surface area (Å²) >= 11 is 2.66. The Morgan fingerprint density at radius 2 is 1.88 bits per heavy atom. The number of methoxy groups -OCH3 is 2. The van der Waals surface area contributed by atoms with E-state index in [2.05, 4.69) is 10.3 Å². The van der Waals surface area contributed by atoms with Gasteiger partial charge in [-0.15, -0.1) is 11.8 Å². The number of hydrogen-bond donors (Lipinski definition) is 2. The Morgan fingerprint density at radius 3 is 2.46 bits per heavy atom. The van der Waals surface area contributed by atoms with Gasteiger partial charge in [-0.25, -0.2) is 4.98 Å². The Kier molecular flexibility index (Phi) is 7.28. The van der Waals surface area contributed by atoms with Crippen molar-refractivity contribution in [2.24, 2.45) is 5.73 Å². The van der Waals surface area contributed by atoms with Crippen molar-refractivity contribution < 1.29 is 19.1 Å². The molecule has 9 heteroatoms. The van der Waals surface area contributed by atoms with Crippen molar-refractivity contribution in [2.45, 2.75) is 24.0 Å². The molecule has 2 amide bonds. The quantitative estimate of drug-likeness (QED) is 0.633. The van der Waals surface area contributed by atoms with E-state index in [1.54, 1.807) is 20.3 Å². The number of benzene rings is 1. The van der Waals surface area contributed by atoms with Crippen LogP contribution in [-0.4, -0.2) is 36.8 Å². The lowest BCUT2D eigenvalue weighted by Crippen LogP contribution is -2.12. The van der Waals surface area contributed by atoms with Gasteiger partial charge in [0.05, 0.1) is 29.9 Å². The Labute approximate surface area is 160 Å². The van der Waals surface area contributed by atoms with Crippen molar-refractivity contribution in [3.63, 3.8) is 0 Å². The Balaban J connectivity index is 1.93. The van der Waals surface area contributed by atoms with Gasteiger partial charge in [0.2, 0.25) is 11.8 Å². The predicted octanol–water partition coefficient (Wildman–Crippen LogP) is 2.62. The number of aromatic nitrogens is 1. The van der Waals surface area contributed by atoms with E-state index in [1.807, 2.05) is 19.1 Å². The molecule has 0 saturated carbocycles. The van der Waals surface area contributed by atoms with Gasteiger partial charge in [0, 0.05) is 12.5 Å². The summed E-state index contributed by atoms with van der Waals surface area (Å²) in [5.41, 5.74) is 6.87. The molecular weight excluding hydrogens is 374 g/mol. The first-order valence-electron chi connectivity index (χ1n) is 7.81.